The minimum Gasteiger partial charge on any atom is -0.426 e. The van der Waals surface area contributed by atoms with Gasteiger partial charge in [0.1, 0.15) is 17.4 Å². The molecule has 160 valence electrons. The van der Waals surface area contributed by atoms with Gasteiger partial charge in [0.15, 0.2) is 0 Å². The lowest BCUT2D eigenvalue weighted by molar-refractivity contribution is -0.133. The molecule has 0 saturated carbocycles. The Bertz CT molecular complexity index is 1010. The summed E-state index contributed by atoms with van der Waals surface area (Å²) < 4.78 is 11.2. The van der Waals surface area contributed by atoms with Crippen LogP contribution in [0.25, 0.3) is 0 Å². The third-order valence-electron chi connectivity index (χ3n) is 5.60. The van der Waals surface area contributed by atoms with E-state index in [4.69, 9.17) is 9.47 Å². The topological polar surface area (TPSA) is 52.6 Å². The van der Waals surface area contributed by atoms with Gasteiger partial charge in [-0.05, 0) is 46.9 Å². The van der Waals surface area contributed by atoms with Crippen LogP contribution in [0.15, 0.2) is 24.3 Å². The lowest BCUT2D eigenvalue weighted by Gasteiger charge is -2.27. The predicted molar refractivity (Wildman–Crippen MR) is 119 cm³/mol. The Balaban J connectivity index is 2.22. The smallest absolute Gasteiger partial charge is 0.323 e. The van der Waals surface area contributed by atoms with Crippen LogP contribution in [0.5, 0.6) is 11.5 Å². The largest absolute Gasteiger partial charge is 0.426 e. The maximum atomic E-state index is 13.0. The first-order valence-electron chi connectivity index (χ1n) is 10.4. The molecule has 2 aromatic rings. The average Bonchev–Trinajstić information content (AvgIpc) is 2.90. The van der Waals surface area contributed by atoms with Crippen molar-refractivity contribution in [3.63, 3.8) is 0 Å². The lowest BCUT2D eigenvalue weighted by atomic mass is 9.77. The van der Waals surface area contributed by atoms with Crippen molar-refractivity contribution in [2.45, 2.75) is 79.1 Å². The van der Waals surface area contributed by atoms with Crippen LogP contribution >= 0.6 is 0 Å². The molecule has 0 saturated heterocycles. The number of carbonyl (C=O) groups is 2. The molecule has 1 aliphatic heterocycles. The Morgan fingerprint density at radius 3 is 1.97 bits per heavy atom. The fourth-order valence-electron chi connectivity index (χ4n) is 4.03. The number of hydrogen-bond donors (Lipinski definition) is 0. The van der Waals surface area contributed by atoms with Crippen molar-refractivity contribution in [2.75, 3.05) is 0 Å². The van der Waals surface area contributed by atoms with Gasteiger partial charge in [-0.3, -0.25) is 9.59 Å². The zero-order chi connectivity index (χ0) is 22.6. The van der Waals surface area contributed by atoms with E-state index in [2.05, 4.69) is 53.7 Å². The predicted octanol–water partition coefficient (Wildman–Crippen LogP) is 5.87. The molecule has 3 rings (SSSR count). The van der Waals surface area contributed by atoms with Crippen molar-refractivity contribution in [2.24, 2.45) is 0 Å². The summed E-state index contributed by atoms with van der Waals surface area (Å²) in [6, 6.07) is 8.14. The lowest BCUT2D eigenvalue weighted by Crippen LogP contribution is -2.17. The number of benzene rings is 2. The third-order valence-corrected chi connectivity index (χ3v) is 5.60. The van der Waals surface area contributed by atoms with E-state index >= 15 is 0 Å². The first-order chi connectivity index (χ1) is 13.7. The summed E-state index contributed by atoms with van der Waals surface area (Å²) in [4.78, 5) is 24.5. The van der Waals surface area contributed by atoms with Gasteiger partial charge in [0, 0.05) is 18.1 Å². The standard InChI is InChI=1S/C26H32O4/c1-14-10-17(11-15(2)22(14)29-16(3)27)21-19-12-18(25(4,5)6)13-20(26(7,8)9)23(19)30-24(21)28/h10-13,21H,1-9H3. The highest BCUT2D eigenvalue weighted by atomic mass is 16.5. The number of aryl methyl sites for hydroxylation is 2. The number of hydrogen-bond acceptors (Lipinski definition) is 4. The first-order valence-corrected chi connectivity index (χ1v) is 10.4. The summed E-state index contributed by atoms with van der Waals surface area (Å²) >= 11 is 0. The second-order valence-electron chi connectivity index (χ2n) is 10.4. The highest BCUT2D eigenvalue weighted by Crippen LogP contribution is 2.47. The summed E-state index contributed by atoms with van der Waals surface area (Å²) in [7, 11) is 0. The Hall–Kier alpha value is -2.62. The molecule has 0 bridgehead atoms. The van der Waals surface area contributed by atoms with E-state index in [0.717, 1.165) is 27.8 Å². The van der Waals surface area contributed by atoms with E-state index in [1.807, 2.05) is 26.0 Å². The summed E-state index contributed by atoms with van der Waals surface area (Å²) in [5, 5.41) is 0. The Kier molecular flexibility index (Phi) is 5.34. The maximum absolute atomic E-state index is 13.0. The van der Waals surface area contributed by atoms with Crippen molar-refractivity contribution in [3.05, 3.63) is 57.6 Å². The molecule has 1 aliphatic rings. The molecule has 0 spiro atoms. The number of carbonyl (C=O) groups excluding carboxylic acids is 2. The molecule has 0 aromatic heterocycles. The molecule has 1 heterocycles. The van der Waals surface area contributed by atoms with E-state index in [1.54, 1.807) is 0 Å². The third kappa shape index (κ3) is 4.00. The van der Waals surface area contributed by atoms with Gasteiger partial charge in [0.2, 0.25) is 0 Å². The van der Waals surface area contributed by atoms with Crippen LogP contribution in [-0.2, 0) is 20.4 Å². The summed E-state index contributed by atoms with van der Waals surface area (Å²) in [6.07, 6.45) is 0. The number of esters is 2. The van der Waals surface area contributed by atoms with Crippen LogP contribution in [0.4, 0.5) is 0 Å². The average molecular weight is 409 g/mol. The summed E-state index contributed by atoms with van der Waals surface area (Å²) in [6.45, 7) is 18.1. The number of ether oxygens (including phenoxy) is 2. The van der Waals surface area contributed by atoms with Gasteiger partial charge in [0.25, 0.3) is 0 Å². The second-order valence-corrected chi connectivity index (χ2v) is 10.4. The molecule has 0 fully saturated rings. The van der Waals surface area contributed by atoms with Crippen molar-refractivity contribution in [3.8, 4) is 11.5 Å². The maximum Gasteiger partial charge on any atom is 0.323 e. The fraction of sp³-hybridized carbons (Fsp3) is 0.462. The van der Waals surface area contributed by atoms with Crippen molar-refractivity contribution in [1.82, 2.24) is 0 Å². The van der Waals surface area contributed by atoms with Crippen LogP contribution in [-0.4, -0.2) is 11.9 Å². The van der Waals surface area contributed by atoms with Crippen LogP contribution < -0.4 is 9.47 Å². The first kappa shape index (κ1) is 22.1. The minimum absolute atomic E-state index is 0.0593. The molecule has 2 aromatic carbocycles. The molecule has 4 nitrogen and oxygen atoms in total. The van der Waals surface area contributed by atoms with Crippen LogP contribution in [0, 0.1) is 13.8 Å². The van der Waals surface area contributed by atoms with Crippen LogP contribution in [0.3, 0.4) is 0 Å². The van der Waals surface area contributed by atoms with Gasteiger partial charge in [-0.1, -0.05) is 65.8 Å². The van der Waals surface area contributed by atoms with E-state index in [1.165, 1.54) is 12.5 Å². The highest BCUT2D eigenvalue weighted by molar-refractivity contribution is 5.90. The quantitative estimate of drug-likeness (QED) is 0.460. The Morgan fingerprint density at radius 2 is 1.50 bits per heavy atom. The fourth-order valence-corrected chi connectivity index (χ4v) is 4.03. The molecular weight excluding hydrogens is 376 g/mol. The summed E-state index contributed by atoms with van der Waals surface area (Å²) in [5.74, 6) is 0.124. The van der Waals surface area contributed by atoms with E-state index in [0.29, 0.717) is 11.5 Å². The molecule has 4 heteroatoms. The molecule has 0 aliphatic carbocycles. The molecule has 0 amide bonds. The van der Waals surface area contributed by atoms with E-state index in [9.17, 15) is 9.59 Å². The van der Waals surface area contributed by atoms with Gasteiger partial charge in [-0.25, -0.2) is 0 Å². The van der Waals surface area contributed by atoms with Gasteiger partial charge < -0.3 is 9.47 Å². The van der Waals surface area contributed by atoms with Crippen molar-refractivity contribution in [1.29, 1.82) is 0 Å². The minimum atomic E-state index is -0.493. The Morgan fingerprint density at radius 1 is 0.933 bits per heavy atom. The van der Waals surface area contributed by atoms with E-state index < -0.39 is 5.92 Å². The van der Waals surface area contributed by atoms with Crippen molar-refractivity contribution >= 4 is 11.9 Å². The van der Waals surface area contributed by atoms with E-state index in [-0.39, 0.29) is 22.8 Å². The SMILES string of the molecule is CC(=O)Oc1c(C)cc(C2C(=O)Oc3c2cc(C(C)(C)C)cc3C(C)(C)C)cc1C. The molecule has 1 unspecified atom stereocenters. The van der Waals surface area contributed by atoms with Crippen molar-refractivity contribution < 1.29 is 19.1 Å². The molecule has 0 N–H and O–H groups in total. The Labute approximate surface area is 179 Å². The zero-order valence-electron chi connectivity index (χ0n) is 19.5. The molecule has 1 atom stereocenters. The van der Waals surface area contributed by atoms with Gasteiger partial charge in [-0.2, -0.15) is 0 Å². The zero-order valence-corrected chi connectivity index (χ0v) is 19.5. The van der Waals surface area contributed by atoms with Gasteiger partial charge >= 0.3 is 11.9 Å². The monoisotopic (exact) mass is 408 g/mol. The number of fused-ring (bicyclic) bond motifs is 1. The summed E-state index contributed by atoms with van der Waals surface area (Å²) in [5.41, 5.74) is 5.42. The van der Waals surface area contributed by atoms with Crippen LogP contribution in [0.2, 0.25) is 0 Å². The molecular formula is C26H32O4. The second kappa shape index (κ2) is 7.26. The van der Waals surface area contributed by atoms with Crippen LogP contribution in [0.1, 0.15) is 87.8 Å². The molecule has 0 radical (unpaired) electrons. The highest BCUT2D eigenvalue weighted by Gasteiger charge is 2.39. The van der Waals surface area contributed by atoms with Gasteiger partial charge in [0.05, 0.1) is 0 Å². The normalized spacial score (nSPS) is 16.3. The number of rotatable bonds is 2. The molecule has 30 heavy (non-hydrogen) atoms. The van der Waals surface area contributed by atoms with Gasteiger partial charge in [-0.15, -0.1) is 0 Å².